The Bertz CT molecular complexity index is 1610. The predicted octanol–water partition coefficient (Wildman–Crippen LogP) is 4.34. The van der Waals surface area contributed by atoms with Gasteiger partial charge in [0.1, 0.15) is 17.9 Å². The number of fused-ring (bicyclic) bond motifs is 1. The van der Waals surface area contributed by atoms with Crippen molar-refractivity contribution in [2.45, 2.75) is 25.4 Å². The zero-order valence-electron chi connectivity index (χ0n) is 23.0. The lowest BCUT2D eigenvalue weighted by Gasteiger charge is -2.20. The molecule has 2 atom stereocenters. The summed E-state index contributed by atoms with van der Waals surface area (Å²) in [6.07, 6.45) is 3.85. The van der Waals surface area contributed by atoms with Crippen LogP contribution in [0, 0.1) is 5.92 Å². The lowest BCUT2D eigenvalue weighted by Crippen LogP contribution is -2.25. The maximum atomic E-state index is 12.1. The molecule has 1 saturated carbocycles. The first kappa shape index (κ1) is 26.6. The molecule has 1 aliphatic carbocycles. The fourth-order valence-corrected chi connectivity index (χ4v) is 5.72. The van der Waals surface area contributed by atoms with Crippen molar-refractivity contribution in [3.05, 3.63) is 113 Å². The van der Waals surface area contributed by atoms with Gasteiger partial charge in [-0.3, -0.25) is 4.90 Å². The molecule has 0 amide bonds. The third kappa shape index (κ3) is 5.68. The van der Waals surface area contributed by atoms with E-state index in [9.17, 15) is 9.90 Å². The summed E-state index contributed by atoms with van der Waals surface area (Å²) in [7, 11) is 1.71. The highest BCUT2D eigenvalue weighted by Crippen LogP contribution is 2.51. The van der Waals surface area contributed by atoms with Crippen molar-refractivity contribution < 1.29 is 14.6 Å². The minimum Gasteiger partial charge on any atom is -0.492 e. The van der Waals surface area contributed by atoms with Crippen LogP contribution in [0.2, 0.25) is 0 Å². The van der Waals surface area contributed by atoms with Crippen LogP contribution >= 0.6 is 0 Å². The van der Waals surface area contributed by atoms with Gasteiger partial charge in [-0.1, -0.05) is 48.5 Å². The number of rotatable bonds is 8. The Balaban J connectivity index is 1.26. The van der Waals surface area contributed by atoms with Gasteiger partial charge in [-0.15, -0.1) is 0 Å². The zero-order valence-corrected chi connectivity index (χ0v) is 23.0. The number of carbonyl (C=O) groups is 1. The van der Waals surface area contributed by atoms with Gasteiger partial charge in [0.25, 0.3) is 0 Å². The summed E-state index contributed by atoms with van der Waals surface area (Å²) in [6.45, 7) is 3.17. The first-order valence-electron chi connectivity index (χ1n) is 13.8. The van der Waals surface area contributed by atoms with Crippen LogP contribution in [0.25, 0.3) is 16.8 Å². The van der Waals surface area contributed by atoms with Crippen LogP contribution in [-0.4, -0.2) is 51.0 Å². The molecule has 2 aliphatic rings. The highest BCUT2D eigenvalue weighted by Gasteiger charge is 2.45. The van der Waals surface area contributed by atoms with Gasteiger partial charge in [-0.25, -0.2) is 15.3 Å². The molecule has 9 heteroatoms. The van der Waals surface area contributed by atoms with Gasteiger partial charge in [0, 0.05) is 56.0 Å². The van der Waals surface area contributed by atoms with Crippen molar-refractivity contribution in [2.24, 2.45) is 17.5 Å². The Morgan fingerprint density at radius 1 is 1.12 bits per heavy atom. The molecule has 1 fully saturated rings. The number of benzene rings is 3. The molecule has 210 valence electrons. The minimum absolute atomic E-state index is 0.0192. The van der Waals surface area contributed by atoms with E-state index < -0.39 is 5.97 Å². The van der Waals surface area contributed by atoms with Crippen molar-refractivity contribution in [2.75, 3.05) is 20.2 Å². The molecule has 1 aliphatic heterocycles. The second-order valence-electron chi connectivity index (χ2n) is 10.8. The average Bonchev–Trinajstić information content (AvgIpc) is 3.67. The summed E-state index contributed by atoms with van der Waals surface area (Å²) < 4.78 is 7.69. The third-order valence-corrected chi connectivity index (χ3v) is 7.75. The highest BCUT2D eigenvalue weighted by molar-refractivity contribution is 5.89. The fourth-order valence-electron chi connectivity index (χ4n) is 5.72. The first-order chi connectivity index (χ1) is 19.9. The van der Waals surface area contributed by atoms with Crippen LogP contribution in [0.4, 0.5) is 0 Å². The molecule has 6 rings (SSSR count). The largest absolute Gasteiger partial charge is 0.492 e. The lowest BCUT2D eigenvalue weighted by atomic mass is 10.0. The number of nitrogens with two attached hydrogens (primary N) is 2. The number of nitrogens with zero attached hydrogens (tertiary/aromatic N) is 4. The van der Waals surface area contributed by atoms with Crippen LogP contribution in [-0.2, 0) is 13.1 Å². The number of ether oxygens (including phenoxy) is 1. The van der Waals surface area contributed by atoms with E-state index in [2.05, 4.69) is 58.5 Å². The molecule has 0 spiro atoms. The van der Waals surface area contributed by atoms with Crippen LogP contribution in [0.1, 0.15) is 39.5 Å². The standard InChI is InChI=1S/C32H34N6O3/c1-36(34)20-29(33)26-16-27(26)31-28(32(39)40)17-35-38(31)25-10-5-9-23(15-25)22-8-4-6-21(14-22)18-37-12-13-41-30-11-3-2-7-24(30)19-37/h2-11,14-15,17,20,26-27H,12-13,16,18-19,33-34H2,1H3,(H,39,40)/b29-20-/t26?,27-/m1/s1. The predicted molar refractivity (Wildman–Crippen MR) is 157 cm³/mol. The van der Waals surface area contributed by atoms with Crippen molar-refractivity contribution in [3.8, 4) is 22.6 Å². The molecular formula is C32H34N6O3. The Labute approximate surface area is 239 Å². The normalized spacial score (nSPS) is 18.7. The maximum absolute atomic E-state index is 12.1. The summed E-state index contributed by atoms with van der Waals surface area (Å²) >= 11 is 0. The van der Waals surface area contributed by atoms with Crippen LogP contribution < -0.4 is 16.3 Å². The summed E-state index contributed by atoms with van der Waals surface area (Å²) in [6, 6.07) is 24.8. The van der Waals surface area contributed by atoms with E-state index in [4.69, 9.17) is 16.3 Å². The maximum Gasteiger partial charge on any atom is 0.339 e. The summed E-state index contributed by atoms with van der Waals surface area (Å²) in [5, 5.41) is 15.8. The third-order valence-electron chi connectivity index (χ3n) is 7.75. The molecule has 0 bridgehead atoms. The number of carboxylic acid groups (broad SMARTS) is 1. The van der Waals surface area contributed by atoms with Gasteiger partial charge in [-0.05, 0) is 47.4 Å². The highest BCUT2D eigenvalue weighted by atomic mass is 16.5. The minimum atomic E-state index is -0.999. The molecule has 41 heavy (non-hydrogen) atoms. The van der Waals surface area contributed by atoms with E-state index >= 15 is 0 Å². The molecule has 2 heterocycles. The molecular weight excluding hydrogens is 516 g/mol. The topological polar surface area (TPSA) is 123 Å². The molecule has 0 radical (unpaired) electrons. The monoisotopic (exact) mass is 550 g/mol. The lowest BCUT2D eigenvalue weighted by molar-refractivity contribution is 0.0695. The number of hydrazine groups is 1. The second-order valence-corrected chi connectivity index (χ2v) is 10.8. The number of allylic oxidation sites excluding steroid dienone is 1. The molecule has 0 saturated heterocycles. The average molecular weight is 551 g/mol. The first-order valence-corrected chi connectivity index (χ1v) is 13.8. The van der Waals surface area contributed by atoms with Crippen LogP contribution in [0.5, 0.6) is 5.75 Å². The molecule has 5 N–H and O–H groups in total. The Morgan fingerprint density at radius 2 is 1.90 bits per heavy atom. The van der Waals surface area contributed by atoms with Crippen molar-refractivity contribution in [1.29, 1.82) is 0 Å². The van der Waals surface area contributed by atoms with E-state index in [1.54, 1.807) is 17.9 Å². The van der Waals surface area contributed by atoms with Crippen molar-refractivity contribution in [3.63, 3.8) is 0 Å². The van der Waals surface area contributed by atoms with Crippen LogP contribution in [0.3, 0.4) is 0 Å². The Hall–Kier alpha value is -4.60. The van der Waals surface area contributed by atoms with E-state index in [-0.39, 0.29) is 17.4 Å². The van der Waals surface area contributed by atoms with Gasteiger partial charge in [-0.2, -0.15) is 5.10 Å². The van der Waals surface area contributed by atoms with Gasteiger partial charge in [0.15, 0.2) is 0 Å². The number of aromatic nitrogens is 2. The van der Waals surface area contributed by atoms with E-state index in [0.717, 1.165) is 48.6 Å². The van der Waals surface area contributed by atoms with Crippen molar-refractivity contribution >= 4 is 5.97 Å². The van der Waals surface area contributed by atoms with E-state index in [0.29, 0.717) is 18.0 Å². The molecule has 1 unspecified atom stereocenters. The molecule has 4 aromatic rings. The number of hydrogen-bond donors (Lipinski definition) is 3. The van der Waals surface area contributed by atoms with Crippen molar-refractivity contribution in [1.82, 2.24) is 19.7 Å². The zero-order chi connectivity index (χ0) is 28.5. The molecule has 1 aromatic heterocycles. The number of para-hydroxylation sites is 1. The smallest absolute Gasteiger partial charge is 0.339 e. The number of hydrogen-bond acceptors (Lipinski definition) is 7. The molecule has 9 nitrogen and oxygen atoms in total. The van der Waals surface area contributed by atoms with E-state index in [1.165, 1.54) is 22.3 Å². The summed E-state index contributed by atoms with van der Waals surface area (Å²) in [5.41, 5.74) is 13.1. The van der Waals surface area contributed by atoms with E-state index in [1.807, 2.05) is 24.3 Å². The number of carboxylic acids is 1. The SMILES string of the molecule is CN(N)/C=C(\N)C1C[C@H]1c1c(C(=O)O)cnn1-c1cccc(-c2cccc(CN3CCOc4ccccc4C3)c2)c1. The molecule has 3 aromatic carbocycles. The fraction of sp³-hybridized carbons (Fsp3) is 0.250. The number of aromatic carboxylic acids is 1. The second kappa shape index (κ2) is 11.1. The van der Waals surface area contributed by atoms with Gasteiger partial charge >= 0.3 is 5.97 Å². The van der Waals surface area contributed by atoms with Crippen LogP contribution in [0.15, 0.2) is 90.9 Å². The quantitative estimate of drug-likeness (QED) is 0.219. The Morgan fingerprint density at radius 3 is 2.71 bits per heavy atom. The summed E-state index contributed by atoms with van der Waals surface area (Å²) in [5.74, 6) is 5.68. The Kier molecular flexibility index (Phi) is 7.21. The van der Waals surface area contributed by atoms with Gasteiger partial charge in [0.2, 0.25) is 0 Å². The van der Waals surface area contributed by atoms with Gasteiger partial charge in [0.05, 0.1) is 17.6 Å². The van der Waals surface area contributed by atoms with Gasteiger partial charge < -0.3 is 20.6 Å². The summed E-state index contributed by atoms with van der Waals surface area (Å²) in [4.78, 5) is 14.5.